The van der Waals surface area contributed by atoms with Gasteiger partial charge in [0.15, 0.2) is 0 Å². The van der Waals surface area contributed by atoms with Crippen LogP contribution < -0.4 is 10.2 Å². The largest absolute Gasteiger partial charge is 0.345 e. The molecule has 1 aromatic carbocycles. The first-order valence-corrected chi connectivity index (χ1v) is 8.83. The highest BCUT2D eigenvalue weighted by molar-refractivity contribution is 6.40. The first kappa shape index (κ1) is 14.7. The Hall–Kier alpha value is -1.84. The zero-order chi connectivity index (χ0) is 16.0. The van der Waals surface area contributed by atoms with E-state index >= 15 is 0 Å². The van der Waals surface area contributed by atoms with Gasteiger partial charge >= 0.3 is 11.8 Å². The zero-order valence-electron chi connectivity index (χ0n) is 13.6. The molecule has 0 aromatic heterocycles. The zero-order valence-corrected chi connectivity index (χ0v) is 13.6. The third-order valence-electron chi connectivity index (χ3n) is 6.12. The van der Waals surface area contributed by atoms with Crippen molar-refractivity contribution in [1.82, 2.24) is 5.32 Å². The van der Waals surface area contributed by atoms with Gasteiger partial charge in [0, 0.05) is 18.3 Å². The summed E-state index contributed by atoms with van der Waals surface area (Å²) in [5.41, 5.74) is 2.04. The van der Waals surface area contributed by atoms with E-state index in [9.17, 15) is 9.59 Å². The Morgan fingerprint density at radius 3 is 2.78 bits per heavy atom. The van der Waals surface area contributed by atoms with E-state index in [0.717, 1.165) is 29.5 Å². The van der Waals surface area contributed by atoms with Crippen molar-refractivity contribution in [2.75, 3.05) is 11.4 Å². The van der Waals surface area contributed by atoms with E-state index in [2.05, 4.69) is 12.2 Å². The Labute approximate surface area is 137 Å². The highest BCUT2D eigenvalue weighted by atomic mass is 16.2. The summed E-state index contributed by atoms with van der Waals surface area (Å²) >= 11 is 0. The van der Waals surface area contributed by atoms with E-state index in [1.807, 2.05) is 24.3 Å². The van der Waals surface area contributed by atoms with Crippen LogP contribution in [0.15, 0.2) is 24.3 Å². The quantitative estimate of drug-likeness (QED) is 0.853. The van der Waals surface area contributed by atoms with Gasteiger partial charge in [0.1, 0.15) is 0 Å². The van der Waals surface area contributed by atoms with Crippen LogP contribution >= 0.6 is 0 Å². The third kappa shape index (κ3) is 2.54. The van der Waals surface area contributed by atoms with Crippen LogP contribution in [-0.4, -0.2) is 24.4 Å². The number of fused-ring (bicyclic) bond motifs is 3. The van der Waals surface area contributed by atoms with Gasteiger partial charge in [-0.05, 0) is 62.0 Å². The summed E-state index contributed by atoms with van der Waals surface area (Å²) in [6, 6.07) is 7.94. The molecule has 2 fully saturated rings. The van der Waals surface area contributed by atoms with Gasteiger partial charge < -0.3 is 10.2 Å². The fourth-order valence-electron chi connectivity index (χ4n) is 4.95. The Bertz CT molecular complexity index is 642. The molecule has 0 saturated heterocycles. The van der Waals surface area contributed by atoms with Crippen molar-refractivity contribution in [3.63, 3.8) is 0 Å². The number of rotatable bonds is 2. The molecule has 1 N–H and O–H groups in total. The summed E-state index contributed by atoms with van der Waals surface area (Å²) in [6.45, 7) is 2.67. The van der Waals surface area contributed by atoms with Crippen molar-refractivity contribution in [2.45, 2.75) is 45.1 Å². The van der Waals surface area contributed by atoms with E-state index in [1.54, 1.807) is 4.90 Å². The van der Waals surface area contributed by atoms with Crippen LogP contribution in [0.4, 0.5) is 5.69 Å². The first-order chi connectivity index (χ1) is 11.1. The fraction of sp³-hybridized carbons (Fsp3) is 0.579. The van der Waals surface area contributed by atoms with Gasteiger partial charge in [-0.25, -0.2) is 0 Å². The number of hydrogen-bond acceptors (Lipinski definition) is 2. The molecule has 2 saturated carbocycles. The number of amides is 2. The fourth-order valence-corrected chi connectivity index (χ4v) is 4.95. The molecule has 4 rings (SSSR count). The van der Waals surface area contributed by atoms with Gasteiger partial charge in [-0.2, -0.15) is 0 Å². The Morgan fingerprint density at radius 1 is 1.22 bits per heavy atom. The van der Waals surface area contributed by atoms with Gasteiger partial charge in [-0.15, -0.1) is 0 Å². The van der Waals surface area contributed by atoms with Crippen molar-refractivity contribution in [3.05, 3.63) is 29.8 Å². The predicted octanol–water partition coefficient (Wildman–Crippen LogP) is 2.52. The maximum Gasteiger partial charge on any atom is 0.316 e. The average molecular weight is 312 g/mol. The summed E-state index contributed by atoms with van der Waals surface area (Å²) in [5.74, 6) is 1.29. The van der Waals surface area contributed by atoms with Crippen LogP contribution in [0.3, 0.4) is 0 Å². The predicted molar refractivity (Wildman–Crippen MR) is 89.0 cm³/mol. The Kier molecular flexibility index (Phi) is 3.63. The molecule has 23 heavy (non-hydrogen) atoms. The Balaban J connectivity index is 1.40. The summed E-state index contributed by atoms with van der Waals surface area (Å²) in [6.07, 6.45) is 6.01. The number of hydrogen-bond donors (Lipinski definition) is 1. The van der Waals surface area contributed by atoms with Gasteiger partial charge in [-0.1, -0.05) is 24.6 Å². The molecule has 4 nitrogen and oxygen atoms in total. The standard InChI is InChI=1S/C19H24N2O2/c1-12(16-11-13-6-7-15(16)10-13)20-18(22)19(23)21-9-8-14-4-2-3-5-17(14)21/h2-5,12-13,15-16H,6-11H2,1H3,(H,20,22). The highest BCUT2D eigenvalue weighted by Gasteiger charge is 2.42. The lowest BCUT2D eigenvalue weighted by molar-refractivity contribution is -0.138. The molecule has 2 aliphatic carbocycles. The molecule has 2 bridgehead atoms. The van der Waals surface area contributed by atoms with Gasteiger partial charge in [0.2, 0.25) is 0 Å². The molecule has 2 amide bonds. The summed E-state index contributed by atoms with van der Waals surface area (Å²) in [4.78, 5) is 26.6. The van der Waals surface area contributed by atoms with Crippen LogP contribution in [0.25, 0.3) is 0 Å². The molecule has 4 unspecified atom stereocenters. The molecular formula is C19H24N2O2. The number of carbonyl (C=O) groups is 2. The first-order valence-electron chi connectivity index (χ1n) is 8.83. The van der Waals surface area contributed by atoms with E-state index in [-0.39, 0.29) is 6.04 Å². The minimum atomic E-state index is -0.447. The average Bonchev–Trinajstić information content (AvgIpc) is 3.28. The second-order valence-corrected chi connectivity index (χ2v) is 7.44. The maximum atomic E-state index is 12.5. The number of nitrogens with zero attached hydrogens (tertiary/aromatic N) is 1. The van der Waals surface area contributed by atoms with Crippen LogP contribution in [0.5, 0.6) is 0 Å². The second-order valence-electron chi connectivity index (χ2n) is 7.44. The van der Waals surface area contributed by atoms with E-state index in [0.29, 0.717) is 12.5 Å². The number of anilines is 1. The van der Waals surface area contributed by atoms with Crippen molar-refractivity contribution < 1.29 is 9.59 Å². The van der Waals surface area contributed by atoms with Gasteiger partial charge in [0.05, 0.1) is 0 Å². The smallest absolute Gasteiger partial charge is 0.316 e. The van der Waals surface area contributed by atoms with Crippen molar-refractivity contribution >= 4 is 17.5 Å². The SMILES string of the molecule is CC(NC(=O)C(=O)N1CCc2ccccc21)C1CC2CCC1C2. The van der Waals surface area contributed by atoms with E-state index in [4.69, 9.17) is 0 Å². The monoisotopic (exact) mass is 312 g/mol. The minimum Gasteiger partial charge on any atom is -0.345 e. The van der Waals surface area contributed by atoms with Crippen LogP contribution in [0.1, 0.15) is 38.2 Å². The second kappa shape index (κ2) is 5.66. The number of benzene rings is 1. The number of nitrogens with one attached hydrogen (secondary N) is 1. The molecule has 1 aliphatic heterocycles. The molecule has 0 spiro atoms. The van der Waals surface area contributed by atoms with Crippen molar-refractivity contribution in [1.29, 1.82) is 0 Å². The van der Waals surface area contributed by atoms with Crippen LogP contribution in [-0.2, 0) is 16.0 Å². The lowest BCUT2D eigenvalue weighted by atomic mass is 9.84. The van der Waals surface area contributed by atoms with Crippen molar-refractivity contribution in [3.8, 4) is 0 Å². The van der Waals surface area contributed by atoms with Gasteiger partial charge in [0.25, 0.3) is 0 Å². The normalized spacial score (nSPS) is 29.4. The third-order valence-corrected chi connectivity index (χ3v) is 6.12. The number of para-hydroxylation sites is 1. The lowest BCUT2D eigenvalue weighted by Crippen LogP contribution is -2.48. The molecule has 3 aliphatic rings. The lowest BCUT2D eigenvalue weighted by Gasteiger charge is -2.29. The summed E-state index contributed by atoms with van der Waals surface area (Å²) in [7, 11) is 0. The maximum absolute atomic E-state index is 12.5. The molecule has 0 radical (unpaired) electrons. The number of carbonyl (C=O) groups excluding carboxylic acids is 2. The minimum absolute atomic E-state index is 0.0968. The van der Waals surface area contributed by atoms with E-state index in [1.165, 1.54) is 25.7 Å². The molecule has 4 heteroatoms. The topological polar surface area (TPSA) is 49.4 Å². The van der Waals surface area contributed by atoms with Crippen LogP contribution in [0, 0.1) is 17.8 Å². The van der Waals surface area contributed by atoms with Crippen LogP contribution in [0.2, 0.25) is 0 Å². The van der Waals surface area contributed by atoms with Gasteiger partial charge in [-0.3, -0.25) is 9.59 Å². The molecule has 4 atom stereocenters. The summed E-state index contributed by atoms with van der Waals surface area (Å²) < 4.78 is 0. The molecule has 122 valence electrons. The highest BCUT2D eigenvalue weighted by Crippen LogP contribution is 2.49. The summed E-state index contributed by atoms with van der Waals surface area (Å²) in [5, 5.41) is 2.98. The molecular weight excluding hydrogens is 288 g/mol. The van der Waals surface area contributed by atoms with Crippen molar-refractivity contribution in [2.24, 2.45) is 17.8 Å². The molecule has 1 aromatic rings. The van der Waals surface area contributed by atoms with E-state index < -0.39 is 11.8 Å². The molecule has 1 heterocycles. The Morgan fingerprint density at radius 2 is 2.04 bits per heavy atom.